The van der Waals surface area contributed by atoms with Gasteiger partial charge in [-0.2, -0.15) is 0 Å². The van der Waals surface area contributed by atoms with E-state index in [9.17, 15) is 4.79 Å². The van der Waals surface area contributed by atoms with E-state index in [2.05, 4.69) is 10.7 Å². The van der Waals surface area contributed by atoms with Crippen molar-refractivity contribution in [2.75, 3.05) is 39.4 Å². The van der Waals surface area contributed by atoms with Crippen molar-refractivity contribution in [3.05, 3.63) is 0 Å². The Kier molecular flexibility index (Phi) is 3.94. The van der Waals surface area contributed by atoms with Gasteiger partial charge in [0.15, 0.2) is 0 Å². The van der Waals surface area contributed by atoms with Crippen LogP contribution in [0.1, 0.15) is 12.8 Å². The van der Waals surface area contributed by atoms with Crippen LogP contribution in [0.25, 0.3) is 0 Å². The fourth-order valence-electron chi connectivity index (χ4n) is 1.55. The van der Waals surface area contributed by atoms with Crippen molar-refractivity contribution in [2.45, 2.75) is 12.8 Å². The van der Waals surface area contributed by atoms with Crippen molar-refractivity contribution in [3.63, 3.8) is 0 Å². The van der Waals surface area contributed by atoms with Gasteiger partial charge in [0.25, 0.3) is 0 Å². The zero-order valence-corrected chi connectivity index (χ0v) is 9.00. The molecule has 2 aliphatic rings. The summed E-state index contributed by atoms with van der Waals surface area (Å²) in [4.78, 5) is 11.4. The second-order valence-electron chi connectivity index (χ2n) is 4.18. The molecule has 2 N–H and O–H groups in total. The van der Waals surface area contributed by atoms with Crippen LogP contribution in [-0.4, -0.2) is 50.3 Å². The molecule has 1 heterocycles. The van der Waals surface area contributed by atoms with E-state index in [0.717, 1.165) is 38.8 Å². The van der Waals surface area contributed by atoms with E-state index < -0.39 is 0 Å². The number of nitrogens with zero attached hydrogens (tertiary/aromatic N) is 1. The highest BCUT2D eigenvalue weighted by atomic mass is 16.5. The smallest absolute Gasteiger partial charge is 0.235 e. The van der Waals surface area contributed by atoms with Crippen molar-refractivity contribution in [3.8, 4) is 0 Å². The number of nitrogens with one attached hydrogen (secondary N) is 2. The molecular weight excluding hydrogens is 194 g/mol. The zero-order chi connectivity index (χ0) is 10.5. The monoisotopic (exact) mass is 213 g/mol. The molecule has 0 unspecified atom stereocenters. The van der Waals surface area contributed by atoms with E-state index >= 15 is 0 Å². The number of ether oxygens (including phenoxy) is 1. The molecule has 15 heavy (non-hydrogen) atoms. The summed E-state index contributed by atoms with van der Waals surface area (Å²) in [7, 11) is 0. The molecule has 5 heteroatoms. The number of amides is 1. The fourth-order valence-corrected chi connectivity index (χ4v) is 1.55. The van der Waals surface area contributed by atoms with Gasteiger partial charge in [-0.15, -0.1) is 0 Å². The third-order valence-electron chi connectivity index (χ3n) is 2.76. The van der Waals surface area contributed by atoms with Crippen molar-refractivity contribution < 1.29 is 9.53 Å². The van der Waals surface area contributed by atoms with E-state index in [-0.39, 0.29) is 5.91 Å². The summed E-state index contributed by atoms with van der Waals surface area (Å²) >= 11 is 0. The number of hydrogen-bond donors (Lipinski definition) is 2. The van der Waals surface area contributed by atoms with Crippen LogP contribution in [0.3, 0.4) is 0 Å². The number of hydrazine groups is 1. The first-order valence-electron chi connectivity index (χ1n) is 5.67. The number of hydrogen-bond acceptors (Lipinski definition) is 4. The second kappa shape index (κ2) is 5.44. The Bertz CT molecular complexity index is 213. The SMILES string of the molecule is O=C(CNN1CCOCC1)NCC1CC1. The van der Waals surface area contributed by atoms with Gasteiger partial charge in [0.1, 0.15) is 0 Å². The highest BCUT2D eigenvalue weighted by Gasteiger charge is 2.21. The van der Waals surface area contributed by atoms with Gasteiger partial charge < -0.3 is 10.1 Å². The third-order valence-corrected chi connectivity index (χ3v) is 2.76. The first kappa shape index (κ1) is 10.9. The molecule has 1 saturated carbocycles. The molecule has 1 aliphatic carbocycles. The molecule has 0 radical (unpaired) electrons. The summed E-state index contributed by atoms with van der Waals surface area (Å²) in [6, 6.07) is 0. The maximum Gasteiger partial charge on any atom is 0.235 e. The van der Waals surface area contributed by atoms with Crippen LogP contribution in [0.15, 0.2) is 0 Å². The Morgan fingerprint density at radius 3 is 2.73 bits per heavy atom. The van der Waals surface area contributed by atoms with E-state index in [1.807, 2.05) is 5.01 Å². The summed E-state index contributed by atoms with van der Waals surface area (Å²) in [6.07, 6.45) is 2.55. The van der Waals surface area contributed by atoms with Crippen molar-refractivity contribution in [1.82, 2.24) is 15.8 Å². The lowest BCUT2D eigenvalue weighted by Gasteiger charge is -2.26. The van der Waals surface area contributed by atoms with Gasteiger partial charge in [-0.1, -0.05) is 0 Å². The van der Waals surface area contributed by atoms with E-state index in [1.54, 1.807) is 0 Å². The summed E-state index contributed by atoms with van der Waals surface area (Å²) < 4.78 is 5.21. The van der Waals surface area contributed by atoms with E-state index in [0.29, 0.717) is 6.54 Å². The van der Waals surface area contributed by atoms with Crippen LogP contribution >= 0.6 is 0 Å². The topological polar surface area (TPSA) is 53.6 Å². The molecule has 0 atom stereocenters. The van der Waals surface area contributed by atoms with Crippen LogP contribution in [0.4, 0.5) is 0 Å². The largest absolute Gasteiger partial charge is 0.379 e. The summed E-state index contributed by atoms with van der Waals surface area (Å²) in [5.74, 6) is 0.839. The second-order valence-corrected chi connectivity index (χ2v) is 4.18. The molecule has 0 spiro atoms. The molecule has 0 bridgehead atoms. The average molecular weight is 213 g/mol. The quantitative estimate of drug-likeness (QED) is 0.637. The highest BCUT2D eigenvalue weighted by Crippen LogP contribution is 2.27. The van der Waals surface area contributed by atoms with E-state index in [4.69, 9.17) is 4.74 Å². The molecule has 2 fully saturated rings. The molecule has 1 saturated heterocycles. The van der Waals surface area contributed by atoms with Crippen molar-refractivity contribution in [2.24, 2.45) is 5.92 Å². The van der Waals surface area contributed by atoms with Crippen LogP contribution in [0.5, 0.6) is 0 Å². The predicted octanol–water partition coefficient (Wildman–Crippen LogP) is -0.651. The van der Waals surface area contributed by atoms with Gasteiger partial charge in [-0.3, -0.25) is 4.79 Å². The average Bonchev–Trinajstić information content (AvgIpc) is 3.09. The molecule has 86 valence electrons. The lowest BCUT2D eigenvalue weighted by molar-refractivity contribution is -0.121. The molecule has 2 rings (SSSR count). The summed E-state index contributed by atoms with van der Waals surface area (Å²) in [5, 5.41) is 4.97. The molecule has 5 nitrogen and oxygen atoms in total. The minimum Gasteiger partial charge on any atom is -0.379 e. The minimum absolute atomic E-state index is 0.0911. The van der Waals surface area contributed by atoms with E-state index in [1.165, 1.54) is 12.8 Å². The molecule has 0 aromatic carbocycles. The third kappa shape index (κ3) is 4.15. The normalized spacial score (nSPS) is 22.7. The molecule has 0 aromatic heterocycles. The molecule has 0 aromatic rings. The standard InChI is InChI=1S/C10H19N3O2/c14-10(11-7-9-1-2-9)8-12-13-3-5-15-6-4-13/h9,12H,1-8H2,(H,11,14). The van der Waals surface area contributed by atoms with Gasteiger partial charge in [0.2, 0.25) is 5.91 Å². The van der Waals surface area contributed by atoms with Gasteiger partial charge in [0, 0.05) is 19.6 Å². The first-order valence-corrected chi connectivity index (χ1v) is 5.67. The molecule has 1 amide bonds. The lowest BCUT2D eigenvalue weighted by atomic mass is 10.4. The number of carbonyl (C=O) groups excluding carboxylic acids is 1. The Balaban J connectivity index is 1.53. The number of rotatable bonds is 5. The highest BCUT2D eigenvalue weighted by molar-refractivity contribution is 5.77. The van der Waals surface area contributed by atoms with Crippen LogP contribution in [0.2, 0.25) is 0 Å². The predicted molar refractivity (Wildman–Crippen MR) is 56.1 cm³/mol. The van der Waals surface area contributed by atoms with Crippen molar-refractivity contribution >= 4 is 5.91 Å². The minimum atomic E-state index is 0.0911. The Hall–Kier alpha value is -0.650. The Morgan fingerprint density at radius 1 is 1.33 bits per heavy atom. The van der Waals surface area contributed by atoms with Gasteiger partial charge >= 0.3 is 0 Å². The maximum atomic E-state index is 11.4. The van der Waals surface area contributed by atoms with Gasteiger partial charge in [0.05, 0.1) is 19.8 Å². The van der Waals surface area contributed by atoms with Crippen molar-refractivity contribution in [1.29, 1.82) is 0 Å². The van der Waals surface area contributed by atoms with Crippen LogP contribution in [0, 0.1) is 5.92 Å². The Morgan fingerprint density at radius 2 is 2.07 bits per heavy atom. The molecule has 1 aliphatic heterocycles. The Labute approximate surface area is 90.1 Å². The number of morpholine rings is 1. The van der Waals surface area contributed by atoms with Gasteiger partial charge in [-0.25, -0.2) is 10.4 Å². The molecular formula is C10H19N3O2. The van der Waals surface area contributed by atoms with Gasteiger partial charge in [-0.05, 0) is 18.8 Å². The lowest BCUT2D eigenvalue weighted by Crippen LogP contribution is -2.49. The van der Waals surface area contributed by atoms with Crippen LogP contribution in [-0.2, 0) is 9.53 Å². The fraction of sp³-hybridized carbons (Fsp3) is 0.900. The first-order chi connectivity index (χ1) is 7.34. The summed E-state index contributed by atoms with van der Waals surface area (Å²) in [6.45, 7) is 4.44. The summed E-state index contributed by atoms with van der Waals surface area (Å²) in [5.41, 5.74) is 3.11. The van der Waals surface area contributed by atoms with Crippen LogP contribution < -0.4 is 10.7 Å². The zero-order valence-electron chi connectivity index (χ0n) is 9.00. The maximum absolute atomic E-state index is 11.4. The number of carbonyl (C=O) groups is 1.